The molecule has 0 atom stereocenters. The van der Waals surface area contributed by atoms with Gasteiger partial charge in [-0.05, 0) is 48.6 Å². The van der Waals surface area contributed by atoms with Gasteiger partial charge < -0.3 is 15.1 Å². The van der Waals surface area contributed by atoms with Crippen LogP contribution in [0.1, 0.15) is 30.9 Å². The second kappa shape index (κ2) is 8.52. The number of likely N-dealkylation sites (N-methyl/N-ethyl adjacent to an activating group) is 1. The number of anilines is 1. The quantitative estimate of drug-likeness (QED) is 0.813. The minimum absolute atomic E-state index is 0.0997. The lowest BCUT2D eigenvalue weighted by Crippen LogP contribution is -2.39. The number of nitrogens with one attached hydrogen (secondary N) is 1. The largest absolute Gasteiger partial charge is 0.374 e. The lowest BCUT2D eigenvalue weighted by Gasteiger charge is -2.27. The second-order valence-corrected chi connectivity index (χ2v) is 6.18. The van der Waals surface area contributed by atoms with Crippen molar-refractivity contribution in [1.82, 2.24) is 10.2 Å². The molecule has 0 fully saturated rings. The topological polar surface area (TPSA) is 52.7 Å². The highest BCUT2D eigenvalue weighted by molar-refractivity contribution is 5.94. The minimum atomic E-state index is -0.151. The van der Waals surface area contributed by atoms with E-state index in [1.165, 1.54) is 11.3 Å². The van der Waals surface area contributed by atoms with Gasteiger partial charge in [-0.3, -0.25) is 9.59 Å². The van der Waals surface area contributed by atoms with Gasteiger partial charge in [-0.15, -0.1) is 0 Å². The Bertz CT molecular complexity index is 625. The molecule has 0 bridgehead atoms. The first-order valence-corrected chi connectivity index (χ1v) is 8.56. The van der Waals surface area contributed by atoms with Gasteiger partial charge in [0.15, 0.2) is 0 Å². The number of fused-ring (bicyclic) bond motifs is 1. The molecule has 1 aromatic rings. The lowest BCUT2D eigenvalue weighted by atomic mass is 9.99. The Hall–Kier alpha value is -2.30. The highest BCUT2D eigenvalue weighted by Gasteiger charge is 2.15. The van der Waals surface area contributed by atoms with E-state index in [-0.39, 0.29) is 18.4 Å². The van der Waals surface area contributed by atoms with Crippen molar-refractivity contribution in [3.05, 3.63) is 35.4 Å². The van der Waals surface area contributed by atoms with Crippen molar-refractivity contribution in [1.29, 1.82) is 0 Å². The standard InChI is InChI=1S/C19H27N3O2/c1-4-11-22(14-18(23)20-2)19(24)10-8-15-7-9-17-16(13-15)6-5-12-21(17)3/h7-10,13H,4-6,11-12,14H2,1-3H3,(H,20,23)/b10-8+. The van der Waals surface area contributed by atoms with Crippen LogP contribution < -0.4 is 10.2 Å². The van der Waals surface area contributed by atoms with Crippen molar-refractivity contribution in [3.8, 4) is 0 Å². The average Bonchev–Trinajstić information content (AvgIpc) is 2.59. The van der Waals surface area contributed by atoms with E-state index in [4.69, 9.17) is 0 Å². The van der Waals surface area contributed by atoms with E-state index in [1.807, 2.05) is 19.1 Å². The van der Waals surface area contributed by atoms with E-state index in [9.17, 15) is 9.59 Å². The Balaban J connectivity index is 2.08. The molecule has 0 unspecified atom stereocenters. The summed E-state index contributed by atoms with van der Waals surface area (Å²) in [6, 6.07) is 6.30. The van der Waals surface area contributed by atoms with Crippen LogP contribution in [0.2, 0.25) is 0 Å². The van der Waals surface area contributed by atoms with Gasteiger partial charge in [0.2, 0.25) is 11.8 Å². The first-order chi connectivity index (χ1) is 11.5. The van der Waals surface area contributed by atoms with Crippen LogP contribution in [-0.4, -0.2) is 50.4 Å². The zero-order valence-corrected chi connectivity index (χ0v) is 14.8. The number of amides is 2. The molecule has 5 heteroatoms. The van der Waals surface area contributed by atoms with Crippen LogP contribution in [0.15, 0.2) is 24.3 Å². The van der Waals surface area contributed by atoms with Crippen molar-refractivity contribution in [2.24, 2.45) is 0 Å². The van der Waals surface area contributed by atoms with Crippen LogP contribution in [0.4, 0.5) is 5.69 Å². The molecule has 1 heterocycles. The molecule has 0 spiro atoms. The van der Waals surface area contributed by atoms with Gasteiger partial charge >= 0.3 is 0 Å². The first kappa shape index (κ1) is 18.0. The fourth-order valence-electron chi connectivity index (χ4n) is 2.97. The number of hydrogen-bond acceptors (Lipinski definition) is 3. The summed E-state index contributed by atoms with van der Waals surface area (Å²) in [4.78, 5) is 27.7. The third-order valence-electron chi connectivity index (χ3n) is 4.29. The molecule has 1 aliphatic rings. The number of hydrogen-bond donors (Lipinski definition) is 1. The molecule has 0 saturated carbocycles. The second-order valence-electron chi connectivity index (χ2n) is 6.18. The predicted octanol–water partition coefficient (Wildman–Crippen LogP) is 2.07. The van der Waals surface area contributed by atoms with Crippen molar-refractivity contribution in [3.63, 3.8) is 0 Å². The Morgan fingerprint density at radius 2 is 2.17 bits per heavy atom. The molecular formula is C19H27N3O2. The summed E-state index contributed by atoms with van der Waals surface area (Å²) in [6.45, 7) is 3.76. The van der Waals surface area contributed by atoms with Crippen LogP contribution in [0.25, 0.3) is 6.08 Å². The molecule has 2 amide bonds. The third kappa shape index (κ3) is 4.60. The van der Waals surface area contributed by atoms with E-state index >= 15 is 0 Å². The molecule has 0 saturated heterocycles. The summed E-state index contributed by atoms with van der Waals surface area (Å²) in [5.41, 5.74) is 3.62. The number of benzene rings is 1. The number of rotatable bonds is 6. The number of aryl methyl sites for hydroxylation is 1. The van der Waals surface area contributed by atoms with Crippen molar-refractivity contribution < 1.29 is 9.59 Å². The van der Waals surface area contributed by atoms with Gasteiger partial charge in [0.05, 0.1) is 6.54 Å². The van der Waals surface area contributed by atoms with E-state index in [0.717, 1.165) is 31.4 Å². The fourth-order valence-corrected chi connectivity index (χ4v) is 2.97. The lowest BCUT2D eigenvalue weighted by molar-refractivity contribution is -0.132. The molecule has 1 aliphatic heterocycles. The van der Waals surface area contributed by atoms with Crippen molar-refractivity contribution >= 4 is 23.6 Å². The molecule has 2 rings (SSSR count). The molecule has 0 aliphatic carbocycles. The Kier molecular flexibility index (Phi) is 6.41. The monoisotopic (exact) mass is 329 g/mol. The molecule has 130 valence electrons. The van der Waals surface area contributed by atoms with E-state index in [0.29, 0.717) is 6.54 Å². The molecule has 1 N–H and O–H groups in total. The van der Waals surface area contributed by atoms with Crippen molar-refractivity contribution in [2.45, 2.75) is 26.2 Å². The predicted molar refractivity (Wildman–Crippen MR) is 98.0 cm³/mol. The van der Waals surface area contributed by atoms with E-state index in [1.54, 1.807) is 18.0 Å². The highest BCUT2D eigenvalue weighted by atomic mass is 16.2. The van der Waals surface area contributed by atoms with Gasteiger partial charge in [-0.2, -0.15) is 0 Å². The maximum Gasteiger partial charge on any atom is 0.247 e. The maximum absolute atomic E-state index is 12.3. The average molecular weight is 329 g/mol. The Morgan fingerprint density at radius 1 is 1.38 bits per heavy atom. The van der Waals surface area contributed by atoms with Crippen LogP contribution in [0.3, 0.4) is 0 Å². The molecule has 0 radical (unpaired) electrons. The van der Waals surface area contributed by atoms with Crippen LogP contribution in [-0.2, 0) is 16.0 Å². The van der Waals surface area contributed by atoms with Crippen molar-refractivity contribution in [2.75, 3.05) is 38.6 Å². The van der Waals surface area contributed by atoms with Gasteiger partial charge in [0, 0.05) is 38.9 Å². The smallest absolute Gasteiger partial charge is 0.247 e. The number of carbonyl (C=O) groups excluding carboxylic acids is 2. The van der Waals surface area contributed by atoms with E-state index in [2.05, 4.69) is 29.4 Å². The Morgan fingerprint density at radius 3 is 2.88 bits per heavy atom. The van der Waals surface area contributed by atoms with Crippen LogP contribution in [0, 0.1) is 0 Å². The molecule has 5 nitrogen and oxygen atoms in total. The maximum atomic E-state index is 12.3. The number of carbonyl (C=O) groups is 2. The summed E-state index contributed by atoms with van der Waals surface area (Å²) in [5, 5.41) is 2.56. The van der Waals surface area contributed by atoms with Crippen LogP contribution >= 0.6 is 0 Å². The first-order valence-electron chi connectivity index (χ1n) is 8.56. The fraction of sp³-hybridized carbons (Fsp3) is 0.474. The van der Waals surface area contributed by atoms with E-state index < -0.39 is 0 Å². The highest BCUT2D eigenvalue weighted by Crippen LogP contribution is 2.27. The molecular weight excluding hydrogens is 302 g/mol. The molecule has 1 aromatic carbocycles. The zero-order valence-electron chi connectivity index (χ0n) is 14.8. The van der Waals surface area contributed by atoms with Crippen LogP contribution in [0.5, 0.6) is 0 Å². The van der Waals surface area contributed by atoms with Gasteiger partial charge in [0.25, 0.3) is 0 Å². The summed E-state index contributed by atoms with van der Waals surface area (Å²) in [6.07, 6.45) is 6.46. The summed E-state index contributed by atoms with van der Waals surface area (Å²) < 4.78 is 0. The SMILES string of the molecule is CCCN(CC(=O)NC)C(=O)/C=C/c1ccc2c(c1)CCCN2C. The number of nitrogens with zero attached hydrogens (tertiary/aromatic N) is 2. The minimum Gasteiger partial charge on any atom is -0.374 e. The van der Waals surface area contributed by atoms with Gasteiger partial charge in [-0.1, -0.05) is 13.0 Å². The summed E-state index contributed by atoms with van der Waals surface area (Å²) in [5.74, 6) is -0.280. The zero-order chi connectivity index (χ0) is 17.5. The molecule has 0 aromatic heterocycles. The van der Waals surface area contributed by atoms with Gasteiger partial charge in [0.1, 0.15) is 0 Å². The summed E-state index contributed by atoms with van der Waals surface area (Å²) in [7, 11) is 3.69. The normalized spacial score (nSPS) is 13.7. The van der Waals surface area contributed by atoms with Gasteiger partial charge in [-0.25, -0.2) is 0 Å². The Labute approximate surface area is 144 Å². The summed E-state index contributed by atoms with van der Waals surface area (Å²) >= 11 is 0. The third-order valence-corrected chi connectivity index (χ3v) is 4.29. The molecule has 24 heavy (non-hydrogen) atoms.